The van der Waals surface area contributed by atoms with Crippen LogP contribution in [0.1, 0.15) is 49.3 Å². The zero-order chi connectivity index (χ0) is 19.4. The Morgan fingerprint density at radius 3 is 2.43 bits per heavy atom. The first-order valence-corrected chi connectivity index (χ1v) is 9.32. The molecule has 138 valence electrons. The van der Waals surface area contributed by atoms with Gasteiger partial charge < -0.3 is 4.90 Å². The highest BCUT2D eigenvalue weighted by Crippen LogP contribution is 2.45. The number of hydrogen-bond acceptors (Lipinski definition) is 4. The van der Waals surface area contributed by atoms with E-state index in [1.54, 1.807) is 6.07 Å². The van der Waals surface area contributed by atoms with Crippen LogP contribution in [0.4, 0.5) is 5.82 Å². The second kappa shape index (κ2) is 6.02. The molecule has 0 unspecified atom stereocenters. The first-order valence-electron chi connectivity index (χ1n) is 9.32. The van der Waals surface area contributed by atoms with Gasteiger partial charge in [-0.2, -0.15) is 0 Å². The largest absolute Gasteiger partial charge is 0.327 e. The second-order valence-corrected chi connectivity index (χ2v) is 7.33. The lowest BCUT2D eigenvalue weighted by Gasteiger charge is -2.41. The number of fused-ring (bicyclic) bond motifs is 4. The molecule has 0 aliphatic carbocycles. The van der Waals surface area contributed by atoms with Gasteiger partial charge in [-0.15, -0.1) is 0 Å². The average Bonchev–Trinajstić information content (AvgIpc) is 2.99. The standard InChI is InChI=1S/C23H19N3O2/c1-14-12-15(2)24-20-19(14)23(28)26-21(17-10-6-7-11-18(17)22(26)27)25(20)13-16-8-4-3-5-9-16/h3-12,21H,13H2,1-2H3/t21-/m1/s1. The van der Waals surface area contributed by atoms with Crippen LogP contribution in [-0.2, 0) is 6.54 Å². The lowest BCUT2D eigenvalue weighted by Crippen LogP contribution is -2.48. The van der Waals surface area contributed by atoms with E-state index in [-0.39, 0.29) is 11.8 Å². The van der Waals surface area contributed by atoms with Gasteiger partial charge in [-0.3, -0.25) is 9.59 Å². The maximum Gasteiger partial charge on any atom is 0.266 e. The van der Waals surface area contributed by atoms with E-state index in [9.17, 15) is 9.59 Å². The number of pyridine rings is 1. The Morgan fingerprint density at radius 1 is 0.929 bits per heavy atom. The minimum absolute atomic E-state index is 0.241. The average molecular weight is 369 g/mol. The normalized spacial score (nSPS) is 17.4. The number of benzene rings is 2. The number of hydrogen-bond donors (Lipinski definition) is 0. The van der Waals surface area contributed by atoms with Gasteiger partial charge in [0.25, 0.3) is 11.8 Å². The van der Waals surface area contributed by atoms with Crippen molar-refractivity contribution in [3.63, 3.8) is 0 Å². The number of rotatable bonds is 2. The van der Waals surface area contributed by atoms with Crippen LogP contribution in [0.15, 0.2) is 60.7 Å². The van der Waals surface area contributed by atoms with Crippen molar-refractivity contribution in [1.82, 2.24) is 9.88 Å². The smallest absolute Gasteiger partial charge is 0.266 e. The topological polar surface area (TPSA) is 53.5 Å². The van der Waals surface area contributed by atoms with Crippen molar-refractivity contribution < 1.29 is 9.59 Å². The molecular weight excluding hydrogens is 350 g/mol. The maximum absolute atomic E-state index is 13.3. The minimum atomic E-state index is -0.474. The molecular formula is C23H19N3O2. The molecule has 0 saturated carbocycles. The molecule has 3 aromatic rings. The fourth-order valence-corrected chi connectivity index (χ4v) is 4.27. The van der Waals surface area contributed by atoms with Crippen LogP contribution in [0.5, 0.6) is 0 Å². The molecule has 2 aliphatic heterocycles. The molecule has 5 rings (SSSR count). The third kappa shape index (κ3) is 2.29. The number of nitrogens with zero attached hydrogens (tertiary/aromatic N) is 3. The van der Waals surface area contributed by atoms with Gasteiger partial charge in [0, 0.05) is 23.4 Å². The number of aryl methyl sites for hydroxylation is 2. The number of imide groups is 1. The number of carbonyl (C=O) groups is 2. The molecule has 0 N–H and O–H groups in total. The molecule has 2 aromatic carbocycles. The Balaban J connectivity index is 1.75. The van der Waals surface area contributed by atoms with E-state index in [4.69, 9.17) is 4.98 Å². The molecule has 3 heterocycles. The van der Waals surface area contributed by atoms with Crippen LogP contribution in [0.25, 0.3) is 0 Å². The van der Waals surface area contributed by atoms with Crippen LogP contribution in [0.3, 0.4) is 0 Å². The quantitative estimate of drug-likeness (QED) is 0.641. The Hall–Kier alpha value is -3.47. The molecule has 0 radical (unpaired) electrons. The zero-order valence-electron chi connectivity index (χ0n) is 15.7. The lowest BCUT2D eigenvalue weighted by atomic mass is 10.0. The summed E-state index contributed by atoms with van der Waals surface area (Å²) in [6.07, 6.45) is -0.474. The third-order valence-electron chi connectivity index (χ3n) is 5.45. The molecule has 28 heavy (non-hydrogen) atoms. The summed E-state index contributed by atoms with van der Waals surface area (Å²) in [5.41, 5.74) is 4.74. The van der Waals surface area contributed by atoms with Gasteiger partial charge in [0.2, 0.25) is 0 Å². The van der Waals surface area contributed by atoms with E-state index in [1.807, 2.05) is 68.4 Å². The molecule has 5 heteroatoms. The molecule has 0 bridgehead atoms. The summed E-state index contributed by atoms with van der Waals surface area (Å²) in [5, 5.41) is 0. The Bertz CT molecular complexity index is 1120. The zero-order valence-corrected chi connectivity index (χ0v) is 15.7. The van der Waals surface area contributed by atoms with Gasteiger partial charge in [-0.1, -0.05) is 48.5 Å². The van der Waals surface area contributed by atoms with E-state index >= 15 is 0 Å². The fourth-order valence-electron chi connectivity index (χ4n) is 4.27. The summed E-state index contributed by atoms with van der Waals surface area (Å²) in [4.78, 5) is 34.6. The van der Waals surface area contributed by atoms with Crippen molar-refractivity contribution in [2.45, 2.75) is 26.6 Å². The lowest BCUT2D eigenvalue weighted by molar-refractivity contribution is 0.0556. The van der Waals surface area contributed by atoms with Crippen molar-refractivity contribution in [3.8, 4) is 0 Å². The van der Waals surface area contributed by atoms with E-state index < -0.39 is 6.17 Å². The van der Waals surface area contributed by atoms with Gasteiger partial charge in [0.15, 0.2) is 0 Å². The van der Waals surface area contributed by atoms with Gasteiger partial charge in [0.1, 0.15) is 12.0 Å². The van der Waals surface area contributed by atoms with Crippen LogP contribution in [-0.4, -0.2) is 21.7 Å². The predicted molar refractivity (Wildman–Crippen MR) is 106 cm³/mol. The second-order valence-electron chi connectivity index (χ2n) is 7.33. The first kappa shape index (κ1) is 16.7. The fraction of sp³-hybridized carbons (Fsp3) is 0.174. The number of carbonyl (C=O) groups excluding carboxylic acids is 2. The Labute approximate surface area is 163 Å². The highest BCUT2D eigenvalue weighted by atomic mass is 16.2. The summed E-state index contributed by atoms with van der Waals surface area (Å²) in [5.74, 6) is 0.141. The van der Waals surface area contributed by atoms with Crippen molar-refractivity contribution >= 4 is 17.6 Å². The Morgan fingerprint density at radius 2 is 1.64 bits per heavy atom. The summed E-state index contributed by atoms with van der Waals surface area (Å²) in [6, 6.07) is 19.4. The molecule has 2 aliphatic rings. The number of aromatic nitrogens is 1. The number of anilines is 1. The van der Waals surface area contributed by atoms with Crippen molar-refractivity contribution in [1.29, 1.82) is 0 Å². The number of amides is 2. The molecule has 0 fully saturated rings. The molecule has 0 spiro atoms. The SMILES string of the molecule is Cc1cc(C)c2c(n1)N(Cc1ccccc1)[C@H]1c3ccccc3C(=O)N1C2=O. The van der Waals surface area contributed by atoms with Crippen molar-refractivity contribution in [2.75, 3.05) is 4.90 Å². The van der Waals surface area contributed by atoms with Gasteiger partial charge in [-0.05, 0) is 37.1 Å². The summed E-state index contributed by atoms with van der Waals surface area (Å²) < 4.78 is 0. The van der Waals surface area contributed by atoms with Crippen LogP contribution >= 0.6 is 0 Å². The predicted octanol–water partition coefficient (Wildman–Crippen LogP) is 4.01. The molecule has 1 aromatic heterocycles. The highest BCUT2D eigenvalue weighted by Gasteiger charge is 2.49. The van der Waals surface area contributed by atoms with Crippen LogP contribution < -0.4 is 4.90 Å². The first-order chi connectivity index (χ1) is 13.6. The molecule has 0 saturated heterocycles. The highest BCUT2D eigenvalue weighted by molar-refractivity contribution is 6.17. The molecule has 2 amide bonds. The minimum Gasteiger partial charge on any atom is -0.327 e. The van der Waals surface area contributed by atoms with Crippen LogP contribution in [0.2, 0.25) is 0 Å². The maximum atomic E-state index is 13.3. The van der Waals surface area contributed by atoms with Crippen molar-refractivity contribution in [3.05, 3.63) is 94.2 Å². The molecule has 5 nitrogen and oxygen atoms in total. The Kier molecular flexibility index (Phi) is 3.59. The van der Waals surface area contributed by atoms with Crippen LogP contribution in [0, 0.1) is 13.8 Å². The van der Waals surface area contributed by atoms with E-state index in [2.05, 4.69) is 4.90 Å². The third-order valence-corrected chi connectivity index (χ3v) is 5.45. The molecule has 1 atom stereocenters. The van der Waals surface area contributed by atoms with Crippen molar-refractivity contribution in [2.24, 2.45) is 0 Å². The summed E-state index contributed by atoms with van der Waals surface area (Å²) in [7, 11) is 0. The van der Waals surface area contributed by atoms with E-state index in [1.165, 1.54) is 4.90 Å². The van der Waals surface area contributed by atoms with E-state index in [0.717, 1.165) is 22.4 Å². The summed E-state index contributed by atoms with van der Waals surface area (Å²) >= 11 is 0. The monoisotopic (exact) mass is 369 g/mol. The summed E-state index contributed by atoms with van der Waals surface area (Å²) in [6.45, 7) is 4.39. The van der Waals surface area contributed by atoms with Gasteiger partial charge >= 0.3 is 0 Å². The van der Waals surface area contributed by atoms with E-state index in [0.29, 0.717) is 23.5 Å². The van der Waals surface area contributed by atoms with Gasteiger partial charge in [0.05, 0.1) is 5.56 Å². The van der Waals surface area contributed by atoms with Gasteiger partial charge in [-0.25, -0.2) is 9.88 Å².